The van der Waals surface area contributed by atoms with Gasteiger partial charge in [0.2, 0.25) is 17.7 Å². The molecular weight excluding hydrogens is 516 g/mol. The molecular formula is C29H42N4O7. The Morgan fingerprint density at radius 1 is 1.10 bits per heavy atom. The van der Waals surface area contributed by atoms with Gasteiger partial charge in [-0.15, -0.1) is 0 Å². The number of amides is 3. The molecule has 4 heterocycles. The van der Waals surface area contributed by atoms with Crippen molar-refractivity contribution in [2.24, 2.45) is 11.8 Å². The summed E-state index contributed by atoms with van der Waals surface area (Å²) in [5.41, 5.74) is -1.30. The molecule has 1 spiro atoms. The topological polar surface area (TPSA) is 130 Å². The summed E-state index contributed by atoms with van der Waals surface area (Å²) in [5, 5.41) is 15.4. The third kappa shape index (κ3) is 5.32. The summed E-state index contributed by atoms with van der Waals surface area (Å²) in [5.74, 6) is -1.52. The SMILES string of the molecule is CCOc1ccc(NC(=O)[C@H]2[C@H]3C(=O)N(CCCCO)C(C(=O)NCCN4CCOCC4)C34CC[C@]2(C)O4)cc1. The Morgan fingerprint density at radius 2 is 1.85 bits per heavy atom. The highest BCUT2D eigenvalue weighted by Crippen LogP contribution is 2.63. The summed E-state index contributed by atoms with van der Waals surface area (Å²) >= 11 is 0. The Hall–Kier alpha value is -2.73. The molecule has 3 amide bonds. The van der Waals surface area contributed by atoms with Gasteiger partial charge in [0.1, 0.15) is 17.4 Å². The summed E-state index contributed by atoms with van der Waals surface area (Å²) in [6.07, 6.45) is 2.20. The van der Waals surface area contributed by atoms with Gasteiger partial charge in [-0.1, -0.05) is 0 Å². The zero-order valence-electron chi connectivity index (χ0n) is 23.5. The van der Waals surface area contributed by atoms with Crippen molar-refractivity contribution >= 4 is 23.4 Å². The maximum atomic E-state index is 14.0. The average Bonchev–Trinajstić information content (AvgIpc) is 3.51. The van der Waals surface area contributed by atoms with E-state index < -0.39 is 29.1 Å². The Morgan fingerprint density at radius 3 is 2.55 bits per heavy atom. The molecule has 2 bridgehead atoms. The van der Waals surface area contributed by atoms with E-state index in [0.717, 1.165) is 13.1 Å². The molecule has 1 aromatic rings. The van der Waals surface area contributed by atoms with E-state index >= 15 is 0 Å². The summed E-state index contributed by atoms with van der Waals surface area (Å²) in [7, 11) is 0. The Bertz CT molecular complexity index is 1080. The molecule has 0 aliphatic carbocycles. The first-order valence-electron chi connectivity index (χ1n) is 14.6. The number of nitrogens with zero attached hydrogens (tertiary/aromatic N) is 2. The molecule has 1 aromatic carbocycles. The molecule has 11 nitrogen and oxygen atoms in total. The molecule has 0 radical (unpaired) electrons. The lowest BCUT2D eigenvalue weighted by Gasteiger charge is -2.34. The van der Waals surface area contributed by atoms with Crippen LogP contribution in [0.5, 0.6) is 5.75 Å². The number of carbonyl (C=O) groups excluding carboxylic acids is 3. The van der Waals surface area contributed by atoms with Crippen LogP contribution in [0.25, 0.3) is 0 Å². The van der Waals surface area contributed by atoms with Crippen LogP contribution < -0.4 is 15.4 Å². The molecule has 11 heteroatoms. The number of nitrogens with one attached hydrogen (secondary N) is 2. The molecule has 5 atom stereocenters. The number of ether oxygens (including phenoxy) is 3. The molecule has 3 N–H and O–H groups in total. The largest absolute Gasteiger partial charge is 0.494 e. The first kappa shape index (κ1) is 28.8. The highest BCUT2D eigenvalue weighted by Gasteiger charge is 2.77. The molecule has 0 aromatic heterocycles. The van der Waals surface area contributed by atoms with Gasteiger partial charge in [-0.2, -0.15) is 0 Å². The Balaban J connectivity index is 1.35. The van der Waals surface area contributed by atoms with Gasteiger partial charge in [0.25, 0.3) is 0 Å². The van der Waals surface area contributed by atoms with Gasteiger partial charge in [0, 0.05) is 45.0 Å². The number of hydrogen-bond acceptors (Lipinski definition) is 8. The molecule has 4 fully saturated rings. The van der Waals surface area contributed by atoms with Crippen molar-refractivity contribution in [2.75, 3.05) is 64.5 Å². The molecule has 4 saturated heterocycles. The number of benzene rings is 1. The minimum absolute atomic E-state index is 0.00863. The van der Waals surface area contributed by atoms with Crippen LogP contribution in [0, 0.1) is 11.8 Å². The summed E-state index contributed by atoms with van der Waals surface area (Å²) in [4.78, 5) is 45.4. The fraction of sp³-hybridized carbons (Fsp3) is 0.690. The van der Waals surface area contributed by atoms with Crippen molar-refractivity contribution in [3.8, 4) is 5.75 Å². The van der Waals surface area contributed by atoms with Crippen LogP contribution in [0.3, 0.4) is 0 Å². The van der Waals surface area contributed by atoms with E-state index in [1.807, 2.05) is 13.8 Å². The van der Waals surface area contributed by atoms with Crippen molar-refractivity contribution in [3.63, 3.8) is 0 Å². The van der Waals surface area contributed by atoms with Crippen LogP contribution in [0.2, 0.25) is 0 Å². The predicted molar refractivity (Wildman–Crippen MR) is 147 cm³/mol. The van der Waals surface area contributed by atoms with Crippen molar-refractivity contribution < 1.29 is 33.7 Å². The second-order valence-electron chi connectivity index (χ2n) is 11.4. The fourth-order valence-electron chi connectivity index (χ4n) is 7.04. The van der Waals surface area contributed by atoms with Crippen LogP contribution in [0.1, 0.15) is 39.5 Å². The molecule has 4 aliphatic heterocycles. The zero-order chi connectivity index (χ0) is 28.3. The van der Waals surface area contributed by atoms with Gasteiger partial charge in [-0.25, -0.2) is 0 Å². The third-order valence-corrected chi connectivity index (χ3v) is 8.88. The lowest BCUT2D eigenvalue weighted by molar-refractivity contribution is -0.145. The maximum Gasteiger partial charge on any atom is 0.245 e. The van der Waals surface area contributed by atoms with Crippen molar-refractivity contribution in [3.05, 3.63) is 24.3 Å². The number of morpholine rings is 1. The number of unbranched alkanes of at least 4 members (excludes halogenated alkanes) is 1. The second-order valence-corrected chi connectivity index (χ2v) is 11.4. The van der Waals surface area contributed by atoms with Gasteiger partial charge < -0.3 is 34.9 Å². The summed E-state index contributed by atoms with van der Waals surface area (Å²) in [6, 6.07) is 6.31. The quantitative estimate of drug-likeness (QED) is 0.324. The Kier molecular flexibility index (Phi) is 8.65. The van der Waals surface area contributed by atoms with Crippen LogP contribution in [0.15, 0.2) is 24.3 Å². The molecule has 0 saturated carbocycles. The number of fused-ring (bicyclic) bond motifs is 1. The fourth-order valence-corrected chi connectivity index (χ4v) is 7.04. The molecule has 4 aliphatic rings. The molecule has 2 unspecified atom stereocenters. The average molecular weight is 559 g/mol. The van der Waals surface area contributed by atoms with Crippen LogP contribution >= 0.6 is 0 Å². The number of aliphatic hydroxyl groups excluding tert-OH is 1. The van der Waals surface area contributed by atoms with Crippen LogP contribution in [0.4, 0.5) is 5.69 Å². The normalized spacial score (nSPS) is 31.3. The minimum Gasteiger partial charge on any atom is -0.494 e. The standard InChI is InChI=1S/C29H42N4O7/c1-3-39-21-8-6-20(7-9-21)31-25(35)22-23-27(37)33(13-4-5-17-34)24(29(23)11-10-28(22,2)40-29)26(36)30-12-14-32-15-18-38-19-16-32/h6-9,22-24,34H,3-5,10-19H2,1-2H3,(H,30,36)(H,31,35)/t22-,23+,24?,28+,29?/m1/s1. The first-order valence-corrected chi connectivity index (χ1v) is 14.6. The lowest BCUT2D eigenvalue weighted by Crippen LogP contribution is -2.56. The van der Waals surface area contributed by atoms with E-state index in [4.69, 9.17) is 14.2 Å². The number of hydrogen-bond donors (Lipinski definition) is 3. The smallest absolute Gasteiger partial charge is 0.245 e. The maximum absolute atomic E-state index is 14.0. The van der Waals surface area contributed by atoms with Gasteiger partial charge in [0.05, 0.1) is 37.3 Å². The Labute approximate surface area is 235 Å². The minimum atomic E-state index is -1.06. The number of likely N-dealkylation sites (tertiary alicyclic amines) is 1. The third-order valence-electron chi connectivity index (χ3n) is 8.88. The lowest BCUT2D eigenvalue weighted by atomic mass is 9.66. The van der Waals surface area contributed by atoms with Gasteiger partial charge in [-0.3, -0.25) is 19.3 Å². The van der Waals surface area contributed by atoms with E-state index in [2.05, 4.69) is 15.5 Å². The van der Waals surface area contributed by atoms with E-state index in [0.29, 0.717) is 76.6 Å². The van der Waals surface area contributed by atoms with Gasteiger partial charge >= 0.3 is 0 Å². The number of rotatable bonds is 12. The predicted octanol–water partition coefficient (Wildman–Crippen LogP) is 1.01. The van der Waals surface area contributed by atoms with Crippen molar-refractivity contribution in [2.45, 2.75) is 56.8 Å². The van der Waals surface area contributed by atoms with Crippen molar-refractivity contribution in [1.29, 1.82) is 0 Å². The molecule has 40 heavy (non-hydrogen) atoms. The summed E-state index contributed by atoms with van der Waals surface area (Å²) in [6.45, 7) is 8.84. The van der Waals surface area contributed by atoms with Crippen LogP contribution in [-0.4, -0.2) is 109 Å². The number of carbonyl (C=O) groups is 3. The van der Waals surface area contributed by atoms with E-state index in [-0.39, 0.29) is 24.3 Å². The summed E-state index contributed by atoms with van der Waals surface area (Å²) < 4.78 is 17.6. The molecule has 5 rings (SSSR count). The van der Waals surface area contributed by atoms with E-state index in [1.54, 1.807) is 29.2 Å². The number of aliphatic hydroxyl groups is 1. The number of anilines is 1. The zero-order valence-corrected chi connectivity index (χ0v) is 23.5. The first-order chi connectivity index (χ1) is 19.3. The van der Waals surface area contributed by atoms with Crippen molar-refractivity contribution in [1.82, 2.24) is 15.1 Å². The monoisotopic (exact) mass is 558 g/mol. The van der Waals surface area contributed by atoms with Crippen LogP contribution in [-0.2, 0) is 23.9 Å². The highest BCUT2D eigenvalue weighted by atomic mass is 16.5. The van der Waals surface area contributed by atoms with E-state index in [9.17, 15) is 19.5 Å². The molecule has 220 valence electrons. The second kappa shape index (κ2) is 12.0. The van der Waals surface area contributed by atoms with E-state index in [1.165, 1.54) is 0 Å². The van der Waals surface area contributed by atoms with Gasteiger partial charge in [0.15, 0.2) is 0 Å². The van der Waals surface area contributed by atoms with Gasteiger partial charge in [-0.05, 0) is 63.8 Å². The highest BCUT2D eigenvalue weighted by molar-refractivity contribution is 6.02.